The summed E-state index contributed by atoms with van der Waals surface area (Å²) >= 11 is 3.64. The van der Waals surface area contributed by atoms with Crippen molar-refractivity contribution in [3.05, 3.63) is 68.2 Å². The van der Waals surface area contributed by atoms with E-state index < -0.39 is 11.5 Å². The average Bonchev–Trinajstić information content (AvgIpc) is 3.64. The first-order valence-electron chi connectivity index (χ1n) is 13.4. The van der Waals surface area contributed by atoms with Crippen LogP contribution in [0.3, 0.4) is 0 Å². The number of carbonyl (C=O) groups is 1. The zero-order valence-corrected chi connectivity index (χ0v) is 23.9. The zero-order chi connectivity index (χ0) is 28.0. The van der Waals surface area contributed by atoms with Gasteiger partial charge in [-0.1, -0.05) is 29.4 Å². The molecule has 4 aromatic rings. The standard InChI is InChI=1S/C29H30BrN5O5/c1-16-5-3-4-6-19(16)27-32-28(40-33-27)17-7-10-35(11-8-17)25-20-13-21(30)23(39-18-9-12-38-15-18)14-22(20)34(2)29(37)24(25)26(31)36/h3-6,13-14,17-18H,7-12,15H2,1-2H3,(H2,31,36)/t18-/m1/s1. The van der Waals surface area contributed by atoms with Crippen LogP contribution in [-0.4, -0.2) is 53.0 Å². The molecule has 1 atom stereocenters. The number of aryl methyl sites for hydroxylation is 2. The lowest BCUT2D eigenvalue weighted by Crippen LogP contribution is -2.38. The van der Waals surface area contributed by atoms with Crippen molar-refractivity contribution in [3.63, 3.8) is 0 Å². The van der Waals surface area contributed by atoms with Crippen molar-refractivity contribution >= 4 is 38.4 Å². The van der Waals surface area contributed by atoms with Crippen LogP contribution in [-0.2, 0) is 11.8 Å². The fraction of sp³-hybridized carbons (Fsp3) is 0.379. The number of hydrogen-bond donors (Lipinski definition) is 1. The van der Waals surface area contributed by atoms with E-state index in [1.807, 2.05) is 43.3 Å². The number of benzene rings is 2. The summed E-state index contributed by atoms with van der Waals surface area (Å²) in [7, 11) is 1.64. The summed E-state index contributed by atoms with van der Waals surface area (Å²) in [6.07, 6.45) is 2.18. The van der Waals surface area contributed by atoms with Crippen LogP contribution in [0.2, 0.25) is 0 Å². The van der Waals surface area contributed by atoms with Crippen LogP contribution in [0, 0.1) is 6.92 Å². The molecule has 0 bridgehead atoms. The molecule has 0 radical (unpaired) electrons. The van der Waals surface area contributed by atoms with Crippen molar-refractivity contribution in [2.45, 2.75) is 38.2 Å². The number of rotatable bonds is 6. The maximum absolute atomic E-state index is 13.4. The molecule has 0 spiro atoms. The molecular weight excluding hydrogens is 578 g/mol. The lowest BCUT2D eigenvalue weighted by molar-refractivity contribution is 0.0999. The Morgan fingerprint density at radius 3 is 2.65 bits per heavy atom. The van der Waals surface area contributed by atoms with Crippen LogP contribution < -0.4 is 20.9 Å². The summed E-state index contributed by atoms with van der Waals surface area (Å²) in [5.41, 5.74) is 8.56. The number of primary amides is 1. The molecule has 2 N–H and O–H groups in total. The Labute approximate surface area is 239 Å². The van der Waals surface area contributed by atoms with Gasteiger partial charge in [0.2, 0.25) is 11.7 Å². The number of amides is 1. The van der Waals surface area contributed by atoms with Gasteiger partial charge in [-0.05, 0) is 47.3 Å². The highest BCUT2D eigenvalue weighted by Crippen LogP contribution is 2.39. The fourth-order valence-electron chi connectivity index (χ4n) is 5.63. The summed E-state index contributed by atoms with van der Waals surface area (Å²) in [5.74, 6) is 1.12. The lowest BCUT2D eigenvalue weighted by atomic mass is 9.95. The van der Waals surface area contributed by atoms with Gasteiger partial charge >= 0.3 is 0 Å². The van der Waals surface area contributed by atoms with Crippen LogP contribution in [0.25, 0.3) is 22.3 Å². The molecule has 10 nitrogen and oxygen atoms in total. The van der Waals surface area contributed by atoms with Crippen LogP contribution in [0.5, 0.6) is 5.75 Å². The van der Waals surface area contributed by atoms with Gasteiger partial charge in [0.05, 0.1) is 28.9 Å². The number of nitrogens with zero attached hydrogens (tertiary/aromatic N) is 4. The number of pyridine rings is 1. The highest BCUT2D eigenvalue weighted by atomic mass is 79.9. The maximum atomic E-state index is 13.4. The average molecular weight is 608 g/mol. The van der Waals surface area contributed by atoms with Crippen LogP contribution >= 0.6 is 15.9 Å². The largest absolute Gasteiger partial charge is 0.487 e. The molecule has 2 fully saturated rings. The van der Waals surface area contributed by atoms with Crippen molar-refractivity contribution in [1.82, 2.24) is 14.7 Å². The summed E-state index contributed by atoms with van der Waals surface area (Å²) in [5, 5.41) is 4.97. The molecule has 0 unspecified atom stereocenters. The van der Waals surface area contributed by atoms with E-state index in [-0.39, 0.29) is 17.6 Å². The smallest absolute Gasteiger partial charge is 0.265 e. The monoisotopic (exact) mass is 607 g/mol. The molecular formula is C29H30BrN5O5. The molecule has 2 aromatic heterocycles. The Hall–Kier alpha value is -3.70. The number of nitrogens with two attached hydrogens (primary N) is 1. The molecule has 208 valence electrons. The molecule has 2 saturated heterocycles. The topological polar surface area (TPSA) is 126 Å². The number of halogens is 1. The number of anilines is 1. The quantitative estimate of drug-likeness (QED) is 0.344. The third-order valence-electron chi connectivity index (χ3n) is 7.84. The first kappa shape index (κ1) is 26.5. The second kappa shape index (κ2) is 10.7. The third-order valence-corrected chi connectivity index (χ3v) is 8.46. The van der Waals surface area contributed by atoms with Crippen molar-refractivity contribution in [2.75, 3.05) is 31.2 Å². The minimum atomic E-state index is -0.751. The molecule has 2 aliphatic rings. The van der Waals surface area contributed by atoms with E-state index in [9.17, 15) is 9.59 Å². The van der Waals surface area contributed by atoms with Gasteiger partial charge in [0.25, 0.3) is 11.5 Å². The van der Waals surface area contributed by atoms with Crippen molar-refractivity contribution < 1.29 is 18.8 Å². The molecule has 40 heavy (non-hydrogen) atoms. The minimum Gasteiger partial charge on any atom is -0.487 e. The van der Waals surface area contributed by atoms with Crippen LogP contribution in [0.1, 0.15) is 47.0 Å². The number of aromatic nitrogens is 3. The van der Waals surface area contributed by atoms with Crippen LogP contribution in [0.15, 0.2) is 50.2 Å². The molecule has 4 heterocycles. The molecule has 0 aliphatic carbocycles. The highest BCUT2D eigenvalue weighted by Gasteiger charge is 2.31. The fourth-order valence-corrected chi connectivity index (χ4v) is 6.07. The minimum absolute atomic E-state index is 0.0159. The van der Waals surface area contributed by atoms with Gasteiger partial charge in [-0.15, -0.1) is 0 Å². The Morgan fingerprint density at radius 2 is 1.95 bits per heavy atom. The van der Waals surface area contributed by atoms with Gasteiger partial charge in [-0.3, -0.25) is 9.59 Å². The van der Waals surface area contributed by atoms with E-state index in [1.165, 1.54) is 4.57 Å². The van der Waals surface area contributed by atoms with Crippen molar-refractivity contribution in [3.8, 4) is 17.1 Å². The highest BCUT2D eigenvalue weighted by molar-refractivity contribution is 9.10. The van der Waals surface area contributed by atoms with Gasteiger partial charge in [-0.25, -0.2) is 0 Å². The SMILES string of the molecule is Cc1ccccc1-c1noc(C2CCN(c3c(C(N)=O)c(=O)n(C)c4cc(O[C@@H]5CCOC5)c(Br)cc34)CC2)n1. The number of ether oxygens (including phenoxy) is 2. The number of fused-ring (bicyclic) bond motifs is 1. The molecule has 11 heteroatoms. The van der Waals surface area contributed by atoms with E-state index in [4.69, 9.17) is 24.7 Å². The van der Waals surface area contributed by atoms with Crippen molar-refractivity contribution in [2.24, 2.45) is 12.8 Å². The van der Waals surface area contributed by atoms with Crippen LogP contribution in [0.4, 0.5) is 5.69 Å². The summed E-state index contributed by atoms with van der Waals surface area (Å²) in [6, 6.07) is 11.7. The predicted molar refractivity (Wildman–Crippen MR) is 154 cm³/mol. The van der Waals surface area contributed by atoms with E-state index in [1.54, 1.807) is 7.05 Å². The van der Waals surface area contributed by atoms with Gasteiger partial charge in [0.1, 0.15) is 17.4 Å². The predicted octanol–water partition coefficient (Wildman–Crippen LogP) is 4.31. The number of hydrogen-bond acceptors (Lipinski definition) is 8. The maximum Gasteiger partial charge on any atom is 0.265 e. The van der Waals surface area contributed by atoms with Gasteiger partial charge in [0.15, 0.2) is 0 Å². The van der Waals surface area contributed by atoms with Gasteiger partial charge in [-0.2, -0.15) is 4.98 Å². The first-order valence-corrected chi connectivity index (χ1v) is 14.2. The second-order valence-corrected chi connectivity index (χ2v) is 11.2. The van der Waals surface area contributed by atoms with Gasteiger partial charge < -0.3 is 29.2 Å². The van der Waals surface area contributed by atoms with Gasteiger partial charge in [0, 0.05) is 49.5 Å². The first-order chi connectivity index (χ1) is 19.3. The van der Waals surface area contributed by atoms with Crippen molar-refractivity contribution in [1.29, 1.82) is 0 Å². The van der Waals surface area contributed by atoms with E-state index in [0.717, 1.165) is 27.4 Å². The summed E-state index contributed by atoms with van der Waals surface area (Å²) in [6.45, 7) is 4.38. The Balaban J connectivity index is 1.32. The number of carbonyl (C=O) groups excluding carboxylic acids is 1. The molecule has 0 saturated carbocycles. The number of piperidine rings is 1. The Morgan fingerprint density at radius 1 is 1.18 bits per heavy atom. The summed E-state index contributed by atoms with van der Waals surface area (Å²) < 4.78 is 19.5. The Bertz CT molecular complexity index is 1650. The van der Waals surface area contributed by atoms with E-state index in [0.29, 0.717) is 67.8 Å². The van der Waals surface area contributed by atoms with E-state index >= 15 is 0 Å². The summed E-state index contributed by atoms with van der Waals surface area (Å²) in [4.78, 5) is 32.8. The lowest BCUT2D eigenvalue weighted by Gasteiger charge is -2.34. The molecule has 1 amide bonds. The normalized spacial score (nSPS) is 18.0. The molecule has 6 rings (SSSR count). The Kier molecular flexibility index (Phi) is 7.09. The molecule has 2 aromatic carbocycles. The van der Waals surface area contributed by atoms with E-state index in [2.05, 4.69) is 26.0 Å². The third kappa shape index (κ3) is 4.77. The molecule has 2 aliphatic heterocycles. The second-order valence-electron chi connectivity index (χ2n) is 10.4. The zero-order valence-electron chi connectivity index (χ0n) is 22.4.